The Kier molecular flexibility index (Phi) is 7.01. The van der Waals surface area contributed by atoms with Crippen LogP contribution in [0, 0.1) is 11.3 Å². The summed E-state index contributed by atoms with van der Waals surface area (Å²) in [6.45, 7) is 3.22. The highest BCUT2D eigenvalue weighted by atomic mass is 16.5. The van der Waals surface area contributed by atoms with Gasteiger partial charge in [-0.25, -0.2) is 9.78 Å². The summed E-state index contributed by atoms with van der Waals surface area (Å²) < 4.78 is 19.5. The fraction of sp³-hybridized carbons (Fsp3) is 0.273. The minimum Gasteiger partial charge on any atom is -0.478 e. The van der Waals surface area contributed by atoms with Crippen LogP contribution in [0.1, 0.15) is 40.2 Å². The molecule has 0 bridgehead atoms. The summed E-state index contributed by atoms with van der Waals surface area (Å²) in [7, 11) is 0. The van der Waals surface area contributed by atoms with Crippen LogP contribution in [0.5, 0.6) is 5.88 Å². The maximum Gasteiger partial charge on any atom is 0.335 e. The summed E-state index contributed by atoms with van der Waals surface area (Å²) in [6.07, 6.45) is 6.49. The van der Waals surface area contributed by atoms with Crippen molar-refractivity contribution >= 4 is 33.8 Å². The maximum absolute atomic E-state index is 11.6. The minimum atomic E-state index is -0.946. The Balaban J connectivity index is 1.05. The van der Waals surface area contributed by atoms with E-state index in [9.17, 15) is 15.2 Å². The molecule has 0 unspecified atom stereocenters. The summed E-state index contributed by atoms with van der Waals surface area (Å²) in [4.78, 5) is 23.5. The van der Waals surface area contributed by atoms with Crippen LogP contribution >= 0.6 is 0 Å². The lowest BCUT2D eigenvalue weighted by molar-refractivity contribution is -0.0589. The highest BCUT2D eigenvalue weighted by molar-refractivity contribution is 5.92. The predicted octanol–water partition coefficient (Wildman–Crippen LogP) is 5.49. The van der Waals surface area contributed by atoms with Gasteiger partial charge in [0.25, 0.3) is 0 Å². The molecule has 2 aromatic carbocycles. The average molecular weight is 576 g/mol. The number of furan rings is 1. The van der Waals surface area contributed by atoms with Crippen LogP contribution < -0.4 is 9.64 Å². The first-order valence-electron chi connectivity index (χ1n) is 14.3. The third-order valence-electron chi connectivity index (χ3n) is 8.17. The van der Waals surface area contributed by atoms with E-state index in [1.54, 1.807) is 36.6 Å². The van der Waals surface area contributed by atoms with Crippen molar-refractivity contribution in [1.29, 1.82) is 5.26 Å². The van der Waals surface area contributed by atoms with E-state index in [2.05, 4.69) is 21.6 Å². The van der Waals surface area contributed by atoms with E-state index >= 15 is 0 Å². The molecular formula is C33H29N5O5. The number of fused-ring (bicyclic) bond motifs is 2. The summed E-state index contributed by atoms with van der Waals surface area (Å²) >= 11 is 0. The number of aromatic carboxylic acids is 1. The molecular weight excluding hydrogens is 546 g/mol. The predicted molar refractivity (Wildman–Crippen MR) is 159 cm³/mol. The maximum atomic E-state index is 11.6. The van der Waals surface area contributed by atoms with E-state index in [1.807, 2.05) is 24.3 Å². The smallest absolute Gasteiger partial charge is 0.335 e. The second-order valence-corrected chi connectivity index (χ2v) is 10.8. The molecule has 1 fully saturated rings. The molecule has 0 radical (unpaired) electrons. The zero-order valence-corrected chi connectivity index (χ0v) is 23.4. The molecule has 5 heterocycles. The van der Waals surface area contributed by atoms with Gasteiger partial charge in [0.2, 0.25) is 5.88 Å². The lowest BCUT2D eigenvalue weighted by Crippen LogP contribution is -2.32. The number of benzene rings is 2. The molecule has 1 saturated heterocycles. The first-order chi connectivity index (χ1) is 21.1. The molecule has 2 aliphatic heterocycles. The van der Waals surface area contributed by atoms with Crippen LogP contribution in [0.4, 0.5) is 5.82 Å². The quantitative estimate of drug-likeness (QED) is 0.227. The van der Waals surface area contributed by atoms with Crippen LogP contribution in [0.2, 0.25) is 0 Å². The van der Waals surface area contributed by atoms with Crippen molar-refractivity contribution in [1.82, 2.24) is 14.5 Å². The second-order valence-electron chi connectivity index (χ2n) is 10.8. The Morgan fingerprint density at radius 3 is 2.84 bits per heavy atom. The summed E-state index contributed by atoms with van der Waals surface area (Å²) in [6, 6.07) is 18.5. The third-order valence-corrected chi connectivity index (χ3v) is 8.17. The van der Waals surface area contributed by atoms with Gasteiger partial charge in [0.15, 0.2) is 0 Å². The fourth-order valence-corrected chi connectivity index (χ4v) is 5.70. The molecule has 5 aromatic rings. The number of aromatic nitrogens is 3. The molecule has 43 heavy (non-hydrogen) atoms. The standard InChI is InChI=1S/C33H29N5O5/c34-18-23-4-5-24(32-26(23)11-15-42-32)20-43-31-3-1-2-29(36-31)37-12-8-21(9-13-37)16-30-35-27-7-6-22(33(39)40)17-28(27)38(30)19-25-10-14-41-25/h1-8,11,15,17,25H,9-10,12-14,16,19-20H2,(H,39,40)/t25-/m0/s1. The highest BCUT2D eigenvalue weighted by Gasteiger charge is 2.24. The molecule has 1 N–H and O–H groups in total. The number of pyridine rings is 1. The van der Waals surface area contributed by atoms with Crippen molar-refractivity contribution in [2.75, 3.05) is 24.6 Å². The van der Waals surface area contributed by atoms with Gasteiger partial charge in [-0.2, -0.15) is 10.2 Å². The Bertz CT molecular complexity index is 1910. The number of carboxylic acid groups (broad SMARTS) is 1. The lowest BCUT2D eigenvalue weighted by Gasteiger charge is -2.29. The van der Waals surface area contributed by atoms with Gasteiger partial charge in [-0.1, -0.05) is 23.8 Å². The van der Waals surface area contributed by atoms with Crippen LogP contribution in [-0.2, 0) is 24.3 Å². The molecule has 10 heteroatoms. The average Bonchev–Trinajstić information content (AvgIpc) is 3.63. The highest BCUT2D eigenvalue weighted by Crippen LogP contribution is 2.28. The van der Waals surface area contributed by atoms with Crippen molar-refractivity contribution in [2.45, 2.75) is 38.5 Å². The van der Waals surface area contributed by atoms with Gasteiger partial charge in [0.1, 0.15) is 23.8 Å². The molecule has 0 spiro atoms. The fourth-order valence-electron chi connectivity index (χ4n) is 5.70. The Morgan fingerprint density at radius 2 is 2.07 bits per heavy atom. The molecule has 10 nitrogen and oxygen atoms in total. The van der Waals surface area contributed by atoms with Gasteiger partial charge in [0, 0.05) is 43.1 Å². The van der Waals surface area contributed by atoms with E-state index in [-0.39, 0.29) is 18.3 Å². The topological polar surface area (TPSA) is 127 Å². The van der Waals surface area contributed by atoms with Crippen molar-refractivity contribution < 1.29 is 23.8 Å². The van der Waals surface area contributed by atoms with E-state index in [0.29, 0.717) is 36.5 Å². The zero-order chi connectivity index (χ0) is 29.3. The van der Waals surface area contributed by atoms with Crippen molar-refractivity contribution in [3.05, 3.63) is 95.0 Å². The van der Waals surface area contributed by atoms with Gasteiger partial charge in [-0.3, -0.25) is 0 Å². The third kappa shape index (κ3) is 5.31. The van der Waals surface area contributed by atoms with Gasteiger partial charge < -0.3 is 28.5 Å². The Hall–Kier alpha value is -5.14. The first-order valence-corrected chi connectivity index (χ1v) is 14.3. The van der Waals surface area contributed by atoms with E-state index < -0.39 is 5.97 Å². The molecule has 0 aliphatic carbocycles. The molecule has 0 amide bonds. The largest absolute Gasteiger partial charge is 0.478 e. The SMILES string of the molecule is N#Cc1ccc(COc2cccc(N3CC=C(Cc4nc5ccc(C(=O)O)cc5n4C[C@@H]4CCO4)CC3)n2)c2occc12. The Labute approximate surface area is 247 Å². The molecule has 7 rings (SSSR count). The number of imidazole rings is 1. The summed E-state index contributed by atoms with van der Waals surface area (Å²) in [5.41, 5.74) is 5.25. The van der Waals surface area contributed by atoms with Crippen LogP contribution in [0.25, 0.3) is 22.0 Å². The number of nitriles is 1. The number of carboxylic acids is 1. The minimum absolute atomic E-state index is 0.128. The molecule has 3 aromatic heterocycles. The molecule has 0 saturated carbocycles. The number of rotatable bonds is 9. The number of ether oxygens (including phenoxy) is 2. The summed E-state index contributed by atoms with van der Waals surface area (Å²) in [5.74, 6) is 1.34. The molecule has 2 aliphatic rings. The van der Waals surface area contributed by atoms with E-state index in [1.165, 1.54) is 5.57 Å². The van der Waals surface area contributed by atoms with Gasteiger partial charge >= 0.3 is 5.97 Å². The van der Waals surface area contributed by atoms with Crippen molar-refractivity contribution in [2.24, 2.45) is 0 Å². The number of hydrogen-bond donors (Lipinski definition) is 1. The Morgan fingerprint density at radius 1 is 1.16 bits per heavy atom. The van der Waals surface area contributed by atoms with Crippen molar-refractivity contribution in [3.63, 3.8) is 0 Å². The van der Waals surface area contributed by atoms with Gasteiger partial charge in [0.05, 0.1) is 47.1 Å². The number of carbonyl (C=O) groups is 1. The number of anilines is 1. The number of nitrogens with zero attached hydrogens (tertiary/aromatic N) is 5. The van der Waals surface area contributed by atoms with Crippen LogP contribution in [0.3, 0.4) is 0 Å². The first kappa shape index (κ1) is 26.7. The van der Waals surface area contributed by atoms with Gasteiger partial charge in [-0.15, -0.1) is 0 Å². The molecule has 216 valence electrons. The van der Waals surface area contributed by atoms with E-state index in [4.69, 9.17) is 23.9 Å². The lowest BCUT2D eigenvalue weighted by atomic mass is 10.0. The van der Waals surface area contributed by atoms with Crippen molar-refractivity contribution in [3.8, 4) is 11.9 Å². The van der Waals surface area contributed by atoms with Gasteiger partial charge in [-0.05, 0) is 49.2 Å². The zero-order valence-electron chi connectivity index (χ0n) is 23.4. The van der Waals surface area contributed by atoms with E-state index in [0.717, 1.165) is 59.6 Å². The van der Waals surface area contributed by atoms with Crippen LogP contribution in [0.15, 0.2) is 76.9 Å². The monoisotopic (exact) mass is 575 g/mol. The number of hydrogen-bond acceptors (Lipinski definition) is 8. The van der Waals surface area contributed by atoms with Crippen LogP contribution in [-0.4, -0.2) is 51.4 Å². The summed E-state index contributed by atoms with van der Waals surface area (Å²) in [5, 5.41) is 19.6. The molecule has 1 atom stereocenters. The second kappa shape index (κ2) is 11.3. The normalized spacial score (nSPS) is 16.6.